The number of hydrogen-bond acceptors (Lipinski definition) is 6. The van der Waals surface area contributed by atoms with Gasteiger partial charge in [-0.05, 0) is 67.4 Å². The van der Waals surface area contributed by atoms with Gasteiger partial charge in [0.2, 0.25) is 0 Å². The van der Waals surface area contributed by atoms with Crippen molar-refractivity contribution >= 4 is 23.7 Å². The maximum absolute atomic E-state index is 13.1. The summed E-state index contributed by atoms with van der Waals surface area (Å²) in [7, 11) is 1.50. The summed E-state index contributed by atoms with van der Waals surface area (Å²) in [5.41, 5.74) is 4.21. The quantitative estimate of drug-likeness (QED) is 0.273. The molecule has 0 unspecified atom stereocenters. The molecule has 0 aromatic heterocycles. The number of nitrogens with zero attached hydrogens (tertiary/aromatic N) is 1. The smallest absolute Gasteiger partial charge is 0.271 e. The van der Waals surface area contributed by atoms with Crippen LogP contribution >= 0.6 is 11.6 Å². The monoisotopic (exact) mass is 500 g/mol. The van der Waals surface area contributed by atoms with E-state index in [1.54, 1.807) is 42.5 Å². The number of hydrazone groups is 1. The van der Waals surface area contributed by atoms with E-state index in [0.29, 0.717) is 52.4 Å². The fourth-order valence-electron chi connectivity index (χ4n) is 3.12. The molecule has 184 valence electrons. The lowest BCUT2D eigenvalue weighted by atomic mass is 10.2. The largest absolute Gasteiger partial charge is 0.493 e. The van der Waals surface area contributed by atoms with Gasteiger partial charge < -0.3 is 18.9 Å². The molecule has 1 amide bonds. The lowest BCUT2D eigenvalue weighted by molar-refractivity contribution is 0.0954. The predicted octanol–water partition coefficient (Wildman–Crippen LogP) is 5.63. The number of methoxy groups -OCH3 is 1. The average Bonchev–Trinajstić information content (AvgIpc) is 2.85. The third-order valence-corrected chi connectivity index (χ3v) is 5.01. The first-order chi connectivity index (χ1) is 16.9. The van der Waals surface area contributed by atoms with Gasteiger partial charge in [-0.15, -0.1) is 0 Å². The Hall–Kier alpha value is -3.78. The minimum Gasteiger partial charge on any atom is -0.493 e. The van der Waals surface area contributed by atoms with Crippen molar-refractivity contribution in [2.24, 2.45) is 5.10 Å². The third kappa shape index (κ3) is 7.10. The summed E-state index contributed by atoms with van der Waals surface area (Å²) < 4.78 is 35.4. The van der Waals surface area contributed by atoms with E-state index >= 15 is 0 Å². The number of benzene rings is 3. The van der Waals surface area contributed by atoms with Crippen LogP contribution in [-0.2, 0) is 6.61 Å². The number of nitrogens with one attached hydrogen (secondary N) is 1. The standard InChI is InChI=1S/C26H26ClFN2O5/c1-4-33-22-11-8-19(14-23(22)32-3)26(31)30-29-15-18-12-21(27)25(24(13-18)34-5-2)35-16-17-6-9-20(28)10-7-17/h6-15H,4-5,16H2,1-3H3,(H,30,31)/b29-15+. The van der Waals surface area contributed by atoms with Crippen LogP contribution in [0.4, 0.5) is 4.39 Å². The maximum Gasteiger partial charge on any atom is 0.271 e. The fourth-order valence-corrected chi connectivity index (χ4v) is 3.39. The predicted molar refractivity (Wildman–Crippen MR) is 133 cm³/mol. The molecule has 0 spiro atoms. The van der Waals surface area contributed by atoms with Gasteiger partial charge >= 0.3 is 0 Å². The highest BCUT2D eigenvalue weighted by molar-refractivity contribution is 6.32. The zero-order chi connectivity index (χ0) is 25.2. The normalized spacial score (nSPS) is 10.8. The average molecular weight is 501 g/mol. The summed E-state index contributed by atoms with van der Waals surface area (Å²) in [6.07, 6.45) is 1.45. The molecule has 3 rings (SSSR count). The van der Waals surface area contributed by atoms with E-state index in [0.717, 1.165) is 5.56 Å². The summed E-state index contributed by atoms with van der Waals surface area (Å²) in [6, 6.07) is 14.2. The number of halogens is 2. The first-order valence-corrected chi connectivity index (χ1v) is 11.3. The molecule has 0 fully saturated rings. The van der Waals surface area contributed by atoms with Crippen LogP contribution in [-0.4, -0.2) is 32.4 Å². The van der Waals surface area contributed by atoms with Gasteiger partial charge in [-0.3, -0.25) is 4.79 Å². The SMILES string of the molecule is CCOc1ccc(C(=O)N/N=C/c2cc(Cl)c(OCc3ccc(F)cc3)c(OCC)c2)cc1OC. The maximum atomic E-state index is 13.1. The summed E-state index contributed by atoms with van der Waals surface area (Å²) in [5.74, 6) is 1.05. The number of hydrogen-bond donors (Lipinski definition) is 1. The van der Waals surface area contributed by atoms with E-state index < -0.39 is 5.91 Å². The van der Waals surface area contributed by atoms with Crippen molar-refractivity contribution in [2.75, 3.05) is 20.3 Å². The minimum absolute atomic E-state index is 0.190. The van der Waals surface area contributed by atoms with Crippen LogP contribution < -0.4 is 24.4 Å². The highest BCUT2D eigenvalue weighted by Gasteiger charge is 2.14. The number of amides is 1. The fraction of sp³-hybridized carbons (Fsp3) is 0.231. The van der Waals surface area contributed by atoms with Crippen molar-refractivity contribution in [1.82, 2.24) is 5.43 Å². The highest BCUT2D eigenvalue weighted by Crippen LogP contribution is 2.37. The van der Waals surface area contributed by atoms with Crippen LogP contribution in [0.25, 0.3) is 0 Å². The minimum atomic E-state index is -0.419. The van der Waals surface area contributed by atoms with Gasteiger partial charge in [0.1, 0.15) is 12.4 Å². The summed E-state index contributed by atoms with van der Waals surface area (Å²) in [4.78, 5) is 12.5. The number of carbonyl (C=O) groups excluding carboxylic acids is 1. The van der Waals surface area contributed by atoms with Crippen molar-refractivity contribution in [3.05, 3.63) is 82.1 Å². The van der Waals surface area contributed by atoms with E-state index in [-0.39, 0.29) is 12.4 Å². The zero-order valence-corrected chi connectivity index (χ0v) is 20.4. The molecule has 0 saturated carbocycles. The molecule has 0 heterocycles. The van der Waals surface area contributed by atoms with Gasteiger partial charge in [0, 0.05) is 5.56 Å². The van der Waals surface area contributed by atoms with Crippen LogP contribution in [0.15, 0.2) is 59.7 Å². The van der Waals surface area contributed by atoms with Crippen LogP contribution in [0.5, 0.6) is 23.0 Å². The molecule has 0 saturated heterocycles. The van der Waals surface area contributed by atoms with Crippen molar-refractivity contribution in [3.63, 3.8) is 0 Å². The molecule has 0 aliphatic carbocycles. The van der Waals surface area contributed by atoms with E-state index in [1.165, 1.54) is 25.5 Å². The lowest BCUT2D eigenvalue weighted by Gasteiger charge is -2.14. The van der Waals surface area contributed by atoms with E-state index in [2.05, 4.69) is 10.5 Å². The Bertz CT molecular complexity index is 1190. The summed E-state index contributed by atoms with van der Waals surface area (Å²) in [5, 5.41) is 4.33. The molecular formula is C26H26ClFN2O5. The van der Waals surface area contributed by atoms with Crippen molar-refractivity contribution in [1.29, 1.82) is 0 Å². The van der Waals surface area contributed by atoms with Gasteiger partial charge in [0.15, 0.2) is 23.0 Å². The molecule has 0 aliphatic heterocycles. The highest BCUT2D eigenvalue weighted by atomic mass is 35.5. The van der Waals surface area contributed by atoms with Gasteiger partial charge in [-0.1, -0.05) is 23.7 Å². The molecule has 7 nitrogen and oxygen atoms in total. The first-order valence-electron chi connectivity index (χ1n) is 10.9. The molecule has 35 heavy (non-hydrogen) atoms. The van der Waals surface area contributed by atoms with Crippen LogP contribution in [0.3, 0.4) is 0 Å². The number of rotatable bonds is 11. The van der Waals surface area contributed by atoms with Crippen LogP contribution in [0, 0.1) is 5.82 Å². The molecule has 0 bridgehead atoms. The molecule has 3 aromatic rings. The van der Waals surface area contributed by atoms with Gasteiger partial charge in [0.05, 0.1) is 31.6 Å². The third-order valence-electron chi connectivity index (χ3n) is 4.73. The van der Waals surface area contributed by atoms with E-state index in [1.807, 2.05) is 13.8 Å². The Kier molecular flexibility index (Phi) is 9.31. The Morgan fingerprint density at radius 3 is 2.37 bits per heavy atom. The van der Waals surface area contributed by atoms with E-state index in [9.17, 15) is 9.18 Å². The Labute approximate surface area is 208 Å². The summed E-state index contributed by atoms with van der Waals surface area (Å²) in [6.45, 7) is 4.76. The van der Waals surface area contributed by atoms with Gasteiger partial charge in [0.25, 0.3) is 5.91 Å². The lowest BCUT2D eigenvalue weighted by Crippen LogP contribution is -2.17. The molecule has 3 aromatic carbocycles. The molecular weight excluding hydrogens is 475 g/mol. The van der Waals surface area contributed by atoms with Crippen molar-refractivity contribution in [2.45, 2.75) is 20.5 Å². The second-order valence-electron chi connectivity index (χ2n) is 7.18. The van der Waals surface area contributed by atoms with Crippen LogP contribution in [0.1, 0.15) is 35.3 Å². The number of ether oxygens (including phenoxy) is 4. The molecule has 0 atom stereocenters. The van der Waals surface area contributed by atoms with E-state index in [4.69, 9.17) is 30.5 Å². The van der Waals surface area contributed by atoms with Gasteiger partial charge in [-0.2, -0.15) is 5.10 Å². The molecule has 1 N–H and O–H groups in total. The molecule has 0 radical (unpaired) electrons. The molecule has 0 aliphatic rings. The first kappa shape index (κ1) is 25.8. The van der Waals surface area contributed by atoms with Gasteiger partial charge in [-0.25, -0.2) is 9.82 Å². The van der Waals surface area contributed by atoms with Crippen LogP contribution in [0.2, 0.25) is 5.02 Å². The Morgan fingerprint density at radius 2 is 1.69 bits per heavy atom. The second kappa shape index (κ2) is 12.6. The van der Waals surface area contributed by atoms with Crippen molar-refractivity contribution < 1.29 is 28.1 Å². The van der Waals surface area contributed by atoms with Crippen molar-refractivity contribution in [3.8, 4) is 23.0 Å². The molecule has 9 heteroatoms. The number of carbonyl (C=O) groups is 1. The second-order valence-corrected chi connectivity index (χ2v) is 7.58. The topological polar surface area (TPSA) is 78.4 Å². The summed E-state index contributed by atoms with van der Waals surface area (Å²) >= 11 is 6.43. The Morgan fingerprint density at radius 1 is 0.971 bits per heavy atom. The Balaban J connectivity index is 1.70. The zero-order valence-electron chi connectivity index (χ0n) is 19.6.